The van der Waals surface area contributed by atoms with E-state index < -0.39 is 10.0 Å². The molecule has 0 atom stereocenters. The van der Waals surface area contributed by atoms with E-state index in [0.717, 1.165) is 31.4 Å². The summed E-state index contributed by atoms with van der Waals surface area (Å²) in [6.07, 6.45) is 6.53. The zero-order valence-corrected chi connectivity index (χ0v) is 15.2. The molecule has 0 amide bonds. The first-order valence-electron chi connectivity index (χ1n) is 8.69. The predicted octanol–water partition coefficient (Wildman–Crippen LogP) is 3.04. The van der Waals surface area contributed by atoms with Gasteiger partial charge in [0.05, 0.1) is 11.9 Å². The third-order valence-electron chi connectivity index (χ3n) is 5.28. The van der Waals surface area contributed by atoms with Crippen LogP contribution in [0.2, 0.25) is 0 Å². The number of sulfonamides is 1. The van der Waals surface area contributed by atoms with E-state index in [9.17, 15) is 8.42 Å². The molecule has 25 heavy (non-hydrogen) atoms. The first-order chi connectivity index (χ1) is 12.0. The molecule has 1 saturated heterocycles. The molecule has 0 unspecified atom stereocenters. The monoisotopic (exact) mass is 354 g/mol. The fourth-order valence-corrected chi connectivity index (χ4v) is 4.77. The highest BCUT2D eigenvalue weighted by Gasteiger charge is 2.26. The van der Waals surface area contributed by atoms with Gasteiger partial charge in [-0.2, -0.15) is 0 Å². The van der Waals surface area contributed by atoms with Crippen molar-refractivity contribution in [3.63, 3.8) is 0 Å². The second-order valence-electron chi connectivity index (χ2n) is 6.86. The first kappa shape index (κ1) is 16.5. The maximum atomic E-state index is 11.8. The Labute approximate surface area is 149 Å². The van der Waals surface area contributed by atoms with E-state index in [2.05, 4.69) is 35.3 Å². The van der Waals surface area contributed by atoms with Crippen LogP contribution < -0.4 is 0 Å². The van der Waals surface area contributed by atoms with Gasteiger partial charge in [0.15, 0.2) is 0 Å². The lowest BCUT2D eigenvalue weighted by molar-refractivity contribution is 0.390. The van der Waals surface area contributed by atoms with Crippen LogP contribution in [0.4, 0.5) is 0 Å². The molecule has 130 valence electrons. The Hall–Kier alpha value is -1.98. The van der Waals surface area contributed by atoms with Crippen molar-refractivity contribution in [2.45, 2.75) is 25.7 Å². The Morgan fingerprint density at radius 2 is 1.64 bits per heavy atom. The minimum Gasteiger partial charge on any atom is -0.260 e. The average Bonchev–Trinajstić information content (AvgIpc) is 2.77. The van der Waals surface area contributed by atoms with Gasteiger partial charge in [0.1, 0.15) is 0 Å². The van der Waals surface area contributed by atoms with Gasteiger partial charge in [0.25, 0.3) is 0 Å². The smallest absolute Gasteiger partial charge is 0.211 e. The molecule has 1 aromatic carbocycles. The lowest BCUT2D eigenvalue weighted by atomic mass is 9.90. The van der Waals surface area contributed by atoms with Crippen LogP contribution in [0.25, 0.3) is 5.57 Å². The summed E-state index contributed by atoms with van der Waals surface area (Å²) in [5, 5.41) is 0. The van der Waals surface area contributed by atoms with Crippen molar-refractivity contribution in [1.29, 1.82) is 0 Å². The lowest BCUT2D eigenvalue weighted by Gasteiger charge is -2.28. The highest BCUT2D eigenvalue weighted by Crippen LogP contribution is 2.35. The summed E-state index contributed by atoms with van der Waals surface area (Å²) >= 11 is 0. The highest BCUT2D eigenvalue weighted by atomic mass is 32.2. The van der Waals surface area contributed by atoms with Gasteiger partial charge in [-0.25, -0.2) is 12.7 Å². The fourth-order valence-electron chi connectivity index (χ4n) is 3.93. The standard InChI is InChI=1S/C20H22N2O2S/c1-25(23,24)22-11-8-15(9-12-22)19-13-16-5-2-3-6-17(16)14-20-18(19)7-4-10-21-20/h2-7,10H,8-9,11-14H2,1H3. The number of rotatable bonds is 1. The average molecular weight is 354 g/mol. The van der Waals surface area contributed by atoms with Gasteiger partial charge in [-0.15, -0.1) is 0 Å². The van der Waals surface area contributed by atoms with Crippen LogP contribution in [0.3, 0.4) is 0 Å². The molecule has 4 rings (SSSR count). The van der Waals surface area contributed by atoms with E-state index >= 15 is 0 Å². The summed E-state index contributed by atoms with van der Waals surface area (Å²) in [5.74, 6) is 0. The minimum atomic E-state index is -3.10. The second kappa shape index (κ2) is 6.39. The number of benzene rings is 1. The van der Waals surface area contributed by atoms with Gasteiger partial charge >= 0.3 is 0 Å². The molecule has 0 radical (unpaired) electrons. The molecule has 1 fully saturated rings. The molecule has 2 aliphatic rings. The van der Waals surface area contributed by atoms with Crippen LogP contribution in [0.5, 0.6) is 0 Å². The van der Waals surface area contributed by atoms with E-state index in [-0.39, 0.29) is 0 Å². The summed E-state index contributed by atoms with van der Waals surface area (Å²) in [7, 11) is -3.10. The third kappa shape index (κ3) is 3.26. The van der Waals surface area contributed by atoms with Gasteiger partial charge in [-0.05, 0) is 47.6 Å². The Kier molecular flexibility index (Phi) is 4.21. The summed E-state index contributed by atoms with van der Waals surface area (Å²) in [6.45, 7) is 1.16. The maximum Gasteiger partial charge on any atom is 0.211 e. The largest absolute Gasteiger partial charge is 0.260 e. The molecule has 1 aromatic heterocycles. The van der Waals surface area contributed by atoms with E-state index in [4.69, 9.17) is 0 Å². The van der Waals surface area contributed by atoms with Gasteiger partial charge in [-0.1, -0.05) is 35.9 Å². The molecular formula is C20H22N2O2S. The molecule has 1 aliphatic carbocycles. The maximum absolute atomic E-state index is 11.8. The number of allylic oxidation sites excluding steroid dienone is 1. The third-order valence-corrected chi connectivity index (χ3v) is 6.58. The molecule has 0 saturated carbocycles. The van der Waals surface area contributed by atoms with Crippen molar-refractivity contribution in [3.05, 3.63) is 70.6 Å². The number of hydrogen-bond donors (Lipinski definition) is 0. The van der Waals surface area contributed by atoms with E-state index in [1.165, 1.54) is 34.1 Å². The summed E-state index contributed by atoms with van der Waals surface area (Å²) < 4.78 is 25.2. The van der Waals surface area contributed by atoms with Crippen LogP contribution in [-0.4, -0.2) is 37.1 Å². The zero-order valence-electron chi connectivity index (χ0n) is 14.4. The predicted molar refractivity (Wildman–Crippen MR) is 99.8 cm³/mol. The van der Waals surface area contributed by atoms with Crippen molar-refractivity contribution >= 4 is 15.6 Å². The number of aromatic nitrogens is 1. The van der Waals surface area contributed by atoms with Crippen LogP contribution in [0.15, 0.2) is 48.2 Å². The number of nitrogens with zero attached hydrogens (tertiary/aromatic N) is 2. The van der Waals surface area contributed by atoms with Crippen molar-refractivity contribution in [2.75, 3.05) is 19.3 Å². The van der Waals surface area contributed by atoms with Crippen LogP contribution in [0.1, 0.15) is 35.2 Å². The van der Waals surface area contributed by atoms with Gasteiger partial charge in [0.2, 0.25) is 10.0 Å². The van der Waals surface area contributed by atoms with Gasteiger partial charge in [-0.3, -0.25) is 4.98 Å². The molecule has 0 N–H and O–H groups in total. The normalized spacial score (nSPS) is 18.4. The quantitative estimate of drug-likeness (QED) is 0.791. The van der Waals surface area contributed by atoms with E-state index in [1.54, 1.807) is 4.31 Å². The zero-order chi connectivity index (χ0) is 17.4. The number of pyridine rings is 1. The van der Waals surface area contributed by atoms with Crippen molar-refractivity contribution in [1.82, 2.24) is 9.29 Å². The molecule has 1 aliphatic heterocycles. The SMILES string of the molecule is CS(=O)(=O)N1CCC(=C2Cc3ccccc3Cc3ncccc32)CC1. The molecule has 0 bridgehead atoms. The Balaban J connectivity index is 1.76. The van der Waals surface area contributed by atoms with Gasteiger partial charge in [0, 0.05) is 25.7 Å². The van der Waals surface area contributed by atoms with Crippen molar-refractivity contribution < 1.29 is 8.42 Å². The summed E-state index contributed by atoms with van der Waals surface area (Å²) in [4.78, 5) is 4.64. The van der Waals surface area contributed by atoms with E-state index in [0.29, 0.717) is 13.1 Å². The van der Waals surface area contributed by atoms with Crippen LogP contribution in [0, 0.1) is 0 Å². The minimum absolute atomic E-state index is 0.578. The summed E-state index contributed by atoms with van der Waals surface area (Å²) in [6, 6.07) is 12.7. The molecule has 2 heterocycles. The molecule has 2 aromatic rings. The van der Waals surface area contributed by atoms with Crippen molar-refractivity contribution in [3.8, 4) is 0 Å². The topological polar surface area (TPSA) is 50.3 Å². The van der Waals surface area contributed by atoms with Crippen molar-refractivity contribution in [2.24, 2.45) is 0 Å². The molecular weight excluding hydrogens is 332 g/mol. The molecule has 0 spiro atoms. The Morgan fingerprint density at radius 1 is 0.960 bits per heavy atom. The van der Waals surface area contributed by atoms with Crippen LogP contribution >= 0.6 is 0 Å². The second-order valence-corrected chi connectivity index (χ2v) is 8.85. The Bertz CT molecular complexity index is 938. The number of fused-ring (bicyclic) bond motifs is 2. The van der Waals surface area contributed by atoms with E-state index in [1.807, 2.05) is 12.3 Å². The fraction of sp³-hybridized carbons (Fsp3) is 0.350. The number of hydrogen-bond acceptors (Lipinski definition) is 3. The van der Waals surface area contributed by atoms with Gasteiger partial charge < -0.3 is 0 Å². The number of piperidine rings is 1. The molecule has 4 nitrogen and oxygen atoms in total. The Morgan fingerprint density at radius 3 is 2.32 bits per heavy atom. The van der Waals surface area contributed by atoms with Crippen LogP contribution in [-0.2, 0) is 22.9 Å². The summed E-state index contributed by atoms with van der Waals surface area (Å²) in [5.41, 5.74) is 7.79. The molecule has 5 heteroatoms. The highest BCUT2D eigenvalue weighted by molar-refractivity contribution is 7.88. The first-order valence-corrected chi connectivity index (χ1v) is 10.5. The lowest BCUT2D eigenvalue weighted by Crippen LogP contribution is -2.35.